The molecule has 108 valence electrons. The maximum absolute atomic E-state index is 5.95. The molecule has 0 radical (unpaired) electrons. The van der Waals surface area contributed by atoms with Crippen molar-refractivity contribution >= 4 is 0 Å². The highest BCUT2D eigenvalue weighted by atomic mass is 16.5. The van der Waals surface area contributed by atoms with Crippen LogP contribution in [0.15, 0.2) is 12.4 Å². The van der Waals surface area contributed by atoms with E-state index in [2.05, 4.69) is 34.9 Å². The highest BCUT2D eigenvalue weighted by Gasteiger charge is 2.43. The first-order valence-electron chi connectivity index (χ1n) is 7.57. The van der Waals surface area contributed by atoms with Crippen molar-refractivity contribution in [2.75, 3.05) is 13.7 Å². The van der Waals surface area contributed by atoms with Crippen LogP contribution >= 0.6 is 0 Å². The van der Waals surface area contributed by atoms with Crippen molar-refractivity contribution in [1.82, 2.24) is 14.9 Å². The van der Waals surface area contributed by atoms with E-state index in [9.17, 15) is 0 Å². The fourth-order valence-electron chi connectivity index (χ4n) is 3.31. The Labute approximate surface area is 116 Å². The van der Waals surface area contributed by atoms with Crippen LogP contribution < -0.4 is 5.32 Å². The number of aromatic nitrogens is 2. The van der Waals surface area contributed by atoms with Crippen molar-refractivity contribution in [2.45, 2.75) is 64.1 Å². The molecule has 0 spiro atoms. The minimum Gasteiger partial charge on any atom is -0.376 e. The van der Waals surface area contributed by atoms with Crippen molar-refractivity contribution in [1.29, 1.82) is 0 Å². The molecule has 0 saturated heterocycles. The lowest BCUT2D eigenvalue weighted by atomic mass is 9.91. The van der Waals surface area contributed by atoms with Crippen molar-refractivity contribution in [3.63, 3.8) is 0 Å². The lowest BCUT2D eigenvalue weighted by Gasteiger charge is -2.36. The van der Waals surface area contributed by atoms with Crippen LogP contribution in [0.4, 0.5) is 0 Å². The van der Waals surface area contributed by atoms with E-state index in [0.717, 1.165) is 38.2 Å². The van der Waals surface area contributed by atoms with Gasteiger partial charge in [0.25, 0.3) is 0 Å². The Bertz CT molecular complexity index is 382. The fourth-order valence-corrected chi connectivity index (χ4v) is 3.31. The summed E-state index contributed by atoms with van der Waals surface area (Å²) in [5.74, 6) is 1.13. The van der Waals surface area contributed by atoms with E-state index < -0.39 is 0 Å². The molecule has 0 amide bonds. The quantitative estimate of drug-likeness (QED) is 0.824. The number of hydrogen-bond donors (Lipinski definition) is 1. The van der Waals surface area contributed by atoms with Crippen molar-refractivity contribution < 1.29 is 4.74 Å². The van der Waals surface area contributed by atoms with Gasteiger partial charge in [-0.05, 0) is 25.8 Å². The van der Waals surface area contributed by atoms with E-state index in [-0.39, 0.29) is 11.6 Å². The van der Waals surface area contributed by atoms with Crippen LogP contribution in [-0.2, 0) is 11.3 Å². The number of aryl methyl sites for hydroxylation is 1. The minimum absolute atomic E-state index is 0.0765. The molecule has 1 aliphatic rings. The summed E-state index contributed by atoms with van der Waals surface area (Å²) in [5, 5.41) is 3.61. The molecule has 1 fully saturated rings. The van der Waals surface area contributed by atoms with Gasteiger partial charge in [-0.3, -0.25) is 0 Å². The van der Waals surface area contributed by atoms with E-state index >= 15 is 0 Å². The van der Waals surface area contributed by atoms with Crippen LogP contribution in [0.5, 0.6) is 0 Å². The Balaban J connectivity index is 2.30. The predicted octanol–water partition coefficient (Wildman–Crippen LogP) is 2.90. The zero-order chi connectivity index (χ0) is 13.7. The summed E-state index contributed by atoms with van der Waals surface area (Å²) in [6.07, 6.45) is 9.88. The molecule has 2 rings (SSSR count). The summed E-state index contributed by atoms with van der Waals surface area (Å²) in [4.78, 5) is 4.61. The molecule has 1 N–H and O–H groups in total. The van der Waals surface area contributed by atoms with Gasteiger partial charge in [-0.1, -0.05) is 26.7 Å². The Morgan fingerprint density at radius 3 is 2.74 bits per heavy atom. The lowest BCUT2D eigenvalue weighted by Crippen LogP contribution is -2.45. The van der Waals surface area contributed by atoms with E-state index in [1.807, 2.05) is 13.3 Å². The van der Waals surface area contributed by atoms with Crippen LogP contribution in [-0.4, -0.2) is 28.8 Å². The number of methoxy groups -OCH3 is 1. The third kappa shape index (κ3) is 2.84. The van der Waals surface area contributed by atoms with Gasteiger partial charge in [-0.15, -0.1) is 0 Å². The summed E-state index contributed by atoms with van der Waals surface area (Å²) in [5.41, 5.74) is -0.0765. The highest BCUT2D eigenvalue weighted by molar-refractivity contribution is 5.10. The smallest absolute Gasteiger partial charge is 0.128 e. The Morgan fingerprint density at radius 1 is 1.42 bits per heavy atom. The summed E-state index contributed by atoms with van der Waals surface area (Å²) in [6, 6.07) is 0.201. The average molecular weight is 265 g/mol. The number of nitrogens with one attached hydrogen (secondary N) is 1. The summed E-state index contributed by atoms with van der Waals surface area (Å²) in [6.45, 7) is 6.32. The average Bonchev–Trinajstić information content (AvgIpc) is 3.06. The molecule has 1 atom stereocenters. The SMILES string of the molecule is CCCn1ccnc1C(NCC)C1(OC)CCCC1. The third-order valence-electron chi connectivity index (χ3n) is 4.26. The van der Waals surface area contributed by atoms with Gasteiger partial charge in [0.05, 0.1) is 11.6 Å². The topological polar surface area (TPSA) is 39.1 Å². The zero-order valence-electron chi connectivity index (χ0n) is 12.5. The molecule has 19 heavy (non-hydrogen) atoms. The molecule has 1 saturated carbocycles. The summed E-state index contributed by atoms with van der Waals surface area (Å²) >= 11 is 0. The Hall–Kier alpha value is -0.870. The number of nitrogens with zero attached hydrogens (tertiary/aromatic N) is 2. The largest absolute Gasteiger partial charge is 0.376 e. The van der Waals surface area contributed by atoms with Crippen LogP contribution in [0.2, 0.25) is 0 Å². The molecule has 4 heteroatoms. The van der Waals surface area contributed by atoms with Crippen LogP contribution in [0.25, 0.3) is 0 Å². The van der Waals surface area contributed by atoms with Gasteiger partial charge in [0.15, 0.2) is 0 Å². The maximum Gasteiger partial charge on any atom is 0.128 e. The standard InChI is InChI=1S/C15H27N3O/c1-4-11-18-12-10-17-14(18)13(16-5-2)15(19-3)8-6-7-9-15/h10,12-13,16H,4-9,11H2,1-3H3. The first-order valence-corrected chi connectivity index (χ1v) is 7.57. The normalized spacial score (nSPS) is 19.7. The van der Waals surface area contributed by atoms with E-state index in [1.165, 1.54) is 12.8 Å². The van der Waals surface area contributed by atoms with Gasteiger partial charge in [-0.25, -0.2) is 4.98 Å². The molecule has 4 nitrogen and oxygen atoms in total. The molecular formula is C15H27N3O. The van der Waals surface area contributed by atoms with Crippen molar-refractivity contribution in [2.24, 2.45) is 0 Å². The van der Waals surface area contributed by atoms with E-state index in [1.54, 1.807) is 0 Å². The molecule has 0 bridgehead atoms. The zero-order valence-corrected chi connectivity index (χ0v) is 12.5. The lowest BCUT2D eigenvalue weighted by molar-refractivity contribution is -0.0395. The fraction of sp³-hybridized carbons (Fsp3) is 0.800. The molecule has 1 unspecified atom stereocenters. The predicted molar refractivity (Wildman–Crippen MR) is 77.1 cm³/mol. The molecule has 1 aliphatic carbocycles. The second-order valence-electron chi connectivity index (χ2n) is 5.45. The summed E-state index contributed by atoms with van der Waals surface area (Å²) < 4.78 is 8.22. The Kier molecular flexibility index (Phi) is 4.99. The van der Waals surface area contributed by atoms with E-state index in [4.69, 9.17) is 4.74 Å². The van der Waals surface area contributed by atoms with Gasteiger partial charge < -0.3 is 14.6 Å². The number of hydrogen-bond acceptors (Lipinski definition) is 3. The minimum atomic E-state index is -0.0765. The maximum atomic E-state index is 5.95. The van der Waals surface area contributed by atoms with Crippen molar-refractivity contribution in [3.8, 4) is 0 Å². The van der Waals surface area contributed by atoms with Crippen LogP contribution in [0.1, 0.15) is 57.8 Å². The van der Waals surface area contributed by atoms with Gasteiger partial charge >= 0.3 is 0 Å². The van der Waals surface area contributed by atoms with Gasteiger partial charge in [0.1, 0.15) is 5.82 Å². The molecular weight excluding hydrogens is 238 g/mol. The number of rotatable bonds is 7. The molecule has 0 aromatic carbocycles. The van der Waals surface area contributed by atoms with Gasteiger partial charge in [0.2, 0.25) is 0 Å². The summed E-state index contributed by atoms with van der Waals surface area (Å²) in [7, 11) is 1.85. The third-order valence-corrected chi connectivity index (χ3v) is 4.26. The van der Waals surface area contributed by atoms with Gasteiger partial charge in [0, 0.05) is 26.0 Å². The molecule has 1 aromatic rings. The number of imidazole rings is 1. The first kappa shape index (κ1) is 14.5. The molecule has 0 aliphatic heterocycles. The second kappa shape index (κ2) is 6.53. The number of ether oxygens (including phenoxy) is 1. The monoisotopic (exact) mass is 265 g/mol. The van der Waals surface area contributed by atoms with Crippen LogP contribution in [0, 0.1) is 0 Å². The number of likely N-dealkylation sites (N-methyl/N-ethyl adjacent to an activating group) is 1. The molecule has 1 heterocycles. The van der Waals surface area contributed by atoms with E-state index in [0.29, 0.717) is 0 Å². The van der Waals surface area contributed by atoms with Crippen molar-refractivity contribution in [3.05, 3.63) is 18.2 Å². The van der Waals surface area contributed by atoms with Crippen LogP contribution in [0.3, 0.4) is 0 Å². The second-order valence-corrected chi connectivity index (χ2v) is 5.45. The molecule has 1 aromatic heterocycles. The first-order chi connectivity index (χ1) is 9.27. The Morgan fingerprint density at radius 2 is 2.16 bits per heavy atom. The van der Waals surface area contributed by atoms with Gasteiger partial charge in [-0.2, -0.15) is 0 Å². The highest BCUT2D eigenvalue weighted by Crippen LogP contribution is 2.42.